The Labute approximate surface area is 134 Å². The van der Waals surface area contributed by atoms with E-state index < -0.39 is 16.6 Å². The lowest BCUT2D eigenvalue weighted by Crippen LogP contribution is -2.06. The fourth-order valence-electron chi connectivity index (χ4n) is 1.61. The Morgan fingerprint density at radius 3 is 2.77 bits per heavy atom. The first-order valence-electron chi connectivity index (χ1n) is 5.74. The summed E-state index contributed by atoms with van der Waals surface area (Å²) in [6.45, 7) is 0. The van der Waals surface area contributed by atoms with Gasteiger partial charge in [0.25, 0.3) is 5.69 Å². The third kappa shape index (κ3) is 3.41. The average Bonchev–Trinajstić information content (AvgIpc) is 2.50. The Balaban J connectivity index is 2.41. The number of nitro groups is 1. The first-order valence-corrected chi connectivity index (χ1v) is 6.49. The number of hydrogen-bond donors (Lipinski definition) is 1. The average molecular weight is 343 g/mol. The summed E-state index contributed by atoms with van der Waals surface area (Å²) in [5.74, 6) is -0.622. The van der Waals surface area contributed by atoms with Crippen molar-refractivity contribution in [3.8, 4) is 0 Å². The van der Waals surface area contributed by atoms with Crippen LogP contribution in [-0.2, 0) is 4.74 Å². The van der Waals surface area contributed by atoms with Crippen LogP contribution in [0.15, 0.2) is 24.4 Å². The van der Waals surface area contributed by atoms with Crippen molar-refractivity contribution < 1.29 is 14.5 Å². The van der Waals surface area contributed by atoms with Crippen LogP contribution in [0, 0.1) is 10.1 Å². The Morgan fingerprint density at radius 2 is 2.14 bits per heavy atom. The molecule has 0 aliphatic rings. The quantitative estimate of drug-likeness (QED) is 0.393. The van der Waals surface area contributed by atoms with Gasteiger partial charge < -0.3 is 10.1 Å². The van der Waals surface area contributed by atoms with Crippen LogP contribution < -0.4 is 5.32 Å². The van der Waals surface area contributed by atoms with Crippen molar-refractivity contribution in [3.63, 3.8) is 0 Å². The van der Waals surface area contributed by atoms with E-state index in [1.807, 2.05) is 0 Å². The van der Waals surface area contributed by atoms with Gasteiger partial charge in [0.1, 0.15) is 10.6 Å². The van der Waals surface area contributed by atoms with Crippen molar-refractivity contribution in [2.24, 2.45) is 0 Å². The summed E-state index contributed by atoms with van der Waals surface area (Å²) in [7, 11) is 1.14. The first-order chi connectivity index (χ1) is 10.4. The molecule has 0 atom stereocenters. The molecule has 0 aliphatic carbocycles. The molecule has 114 valence electrons. The third-order valence-corrected chi connectivity index (χ3v) is 3.04. The lowest BCUT2D eigenvalue weighted by Gasteiger charge is -2.08. The number of carbonyl (C=O) groups excluding carboxylic acids is 1. The van der Waals surface area contributed by atoms with Gasteiger partial charge in [-0.25, -0.2) is 9.78 Å². The molecule has 0 spiro atoms. The number of methoxy groups -OCH3 is 1. The van der Waals surface area contributed by atoms with E-state index in [0.717, 1.165) is 7.11 Å². The minimum absolute atomic E-state index is 0.0346. The summed E-state index contributed by atoms with van der Waals surface area (Å²) in [4.78, 5) is 29.4. The highest BCUT2D eigenvalue weighted by molar-refractivity contribution is 6.33. The van der Waals surface area contributed by atoms with Gasteiger partial charge in [-0.3, -0.25) is 10.1 Å². The third-order valence-electron chi connectivity index (χ3n) is 2.58. The Hall–Kier alpha value is -2.45. The maximum atomic E-state index is 11.5. The van der Waals surface area contributed by atoms with Crippen molar-refractivity contribution >= 4 is 46.4 Å². The molecular weight excluding hydrogens is 335 g/mol. The van der Waals surface area contributed by atoms with Crippen LogP contribution in [0.3, 0.4) is 0 Å². The number of aromatic nitrogens is 2. The molecule has 2 rings (SSSR count). The van der Waals surface area contributed by atoms with Crippen LogP contribution in [-0.4, -0.2) is 28.0 Å². The number of halogens is 2. The highest BCUT2D eigenvalue weighted by Crippen LogP contribution is 2.28. The topological polar surface area (TPSA) is 107 Å². The molecule has 0 amide bonds. The summed E-state index contributed by atoms with van der Waals surface area (Å²) in [5, 5.41) is 14.0. The van der Waals surface area contributed by atoms with E-state index in [0.29, 0.717) is 5.69 Å². The Bertz CT molecular complexity index is 754. The predicted octanol–water partition coefficient (Wildman–Crippen LogP) is 3.22. The van der Waals surface area contributed by atoms with Crippen LogP contribution in [0.25, 0.3) is 0 Å². The van der Waals surface area contributed by atoms with Gasteiger partial charge in [0, 0.05) is 11.8 Å². The van der Waals surface area contributed by atoms with Gasteiger partial charge in [0.15, 0.2) is 5.82 Å². The fourth-order valence-corrected chi connectivity index (χ4v) is 1.88. The number of esters is 1. The standard InChI is InChI=1S/C12H8Cl2N4O4/c1-22-11(19)7-3-2-6(4-9(7)18(20)21)16-10-8(13)5-15-12(14)17-10/h2-5H,1H3,(H,15,16,17). The maximum absolute atomic E-state index is 11.5. The molecule has 1 N–H and O–H groups in total. The Morgan fingerprint density at radius 1 is 1.41 bits per heavy atom. The second kappa shape index (κ2) is 6.54. The molecule has 0 saturated carbocycles. The number of nitrogens with one attached hydrogen (secondary N) is 1. The molecule has 8 nitrogen and oxygen atoms in total. The molecule has 0 unspecified atom stereocenters. The molecule has 1 heterocycles. The zero-order valence-electron chi connectivity index (χ0n) is 11.0. The highest BCUT2D eigenvalue weighted by Gasteiger charge is 2.21. The van der Waals surface area contributed by atoms with Gasteiger partial charge in [-0.1, -0.05) is 11.6 Å². The molecule has 1 aromatic heterocycles. The van der Waals surface area contributed by atoms with Crippen molar-refractivity contribution in [3.05, 3.63) is 50.4 Å². The molecule has 0 radical (unpaired) electrons. The van der Waals surface area contributed by atoms with Gasteiger partial charge in [-0.2, -0.15) is 4.98 Å². The zero-order valence-corrected chi connectivity index (χ0v) is 12.6. The van der Waals surface area contributed by atoms with E-state index in [9.17, 15) is 14.9 Å². The monoisotopic (exact) mass is 342 g/mol. The number of anilines is 2. The van der Waals surface area contributed by atoms with E-state index in [1.165, 1.54) is 24.4 Å². The molecule has 0 saturated heterocycles. The van der Waals surface area contributed by atoms with Crippen LogP contribution in [0.5, 0.6) is 0 Å². The summed E-state index contributed by atoms with van der Waals surface area (Å²) >= 11 is 11.6. The second-order valence-corrected chi connectivity index (χ2v) is 4.69. The number of nitro benzene ring substituents is 1. The number of nitrogens with zero attached hydrogens (tertiary/aromatic N) is 3. The van der Waals surface area contributed by atoms with Crippen LogP contribution in [0.4, 0.5) is 17.2 Å². The van der Waals surface area contributed by atoms with E-state index >= 15 is 0 Å². The smallest absolute Gasteiger partial charge is 0.344 e. The van der Waals surface area contributed by atoms with Crippen molar-refractivity contribution in [2.75, 3.05) is 12.4 Å². The van der Waals surface area contributed by atoms with Crippen molar-refractivity contribution in [2.45, 2.75) is 0 Å². The van der Waals surface area contributed by atoms with E-state index in [1.54, 1.807) is 0 Å². The number of hydrogen-bond acceptors (Lipinski definition) is 7. The fraction of sp³-hybridized carbons (Fsp3) is 0.0833. The molecule has 22 heavy (non-hydrogen) atoms. The van der Waals surface area contributed by atoms with E-state index in [-0.39, 0.29) is 21.7 Å². The summed E-state index contributed by atoms with van der Waals surface area (Å²) in [5.41, 5.74) is -0.269. The molecule has 0 aliphatic heterocycles. The minimum atomic E-state index is -0.804. The summed E-state index contributed by atoms with van der Waals surface area (Å²) < 4.78 is 4.50. The van der Waals surface area contributed by atoms with Gasteiger partial charge in [-0.05, 0) is 23.7 Å². The van der Waals surface area contributed by atoms with E-state index in [2.05, 4.69) is 20.0 Å². The molecule has 2 aromatic rings. The number of benzene rings is 1. The zero-order chi connectivity index (χ0) is 16.3. The molecule has 0 fully saturated rings. The van der Waals surface area contributed by atoms with Crippen LogP contribution >= 0.6 is 23.2 Å². The highest BCUT2D eigenvalue weighted by atomic mass is 35.5. The number of rotatable bonds is 4. The lowest BCUT2D eigenvalue weighted by molar-refractivity contribution is -0.385. The minimum Gasteiger partial charge on any atom is -0.465 e. The van der Waals surface area contributed by atoms with E-state index in [4.69, 9.17) is 23.2 Å². The predicted molar refractivity (Wildman–Crippen MR) is 79.8 cm³/mol. The van der Waals surface area contributed by atoms with Crippen LogP contribution in [0.1, 0.15) is 10.4 Å². The van der Waals surface area contributed by atoms with Gasteiger partial charge in [-0.15, -0.1) is 0 Å². The molecule has 10 heteroatoms. The lowest BCUT2D eigenvalue weighted by atomic mass is 10.1. The second-order valence-electron chi connectivity index (χ2n) is 3.94. The largest absolute Gasteiger partial charge is 0.465 e. The first kappa shape index (κ1) is 15.9. The molecule has 0 bridgehead atoms. The van der Waals surface area contributed by atoms with Crippen LogP contribution in [0.2, 0.25) is 10.3 Å². The molecule has 1 aromatic carbocycles. The number of carbonyl (C=O) groups is 1. The SMILES string of the molecule is COC(=O)c1ccc(Nc2nc(Cl)ncc2Cl)cc1[N+](=O)[O-]. The summed E-state index contributed by atoms with van der Waals surface area (Å²) in [6, 6.07) is 3.88. The van der Waals surface area contributed by atoms with Gasteiger partial charge >= 0.3 is 5.97 Å². The Kier molecular flexibility index (Phi) is 4.74. The normalized spacial score (nSPS) is 10.1. The van der Waals surface area contributed by atoms with Crippen molar-refractivity contribution in [1.29, 1.82) is 0 Å². The summed E-state index contributed by atoms with van der Waals surface area (Å²) in [6.07, 6.45) is 1.29. The van der Waals surface area contributed by atoms with Gasteiger partial charge in [0.05, 0.1) is 18.2 Å². The number of ether oxygens (including phenoxy) is 1. The maximum Gasteiger partial charge on any atom is 0.344 e. The molecular formula is C12H8Cl2N4O4. The van der Waals surface area contributed by atoms with Gasteiger partial charge in [0.2, 0.25) is 5.28 Å². The van der Waals surface area contributed by atoms with Crippen molar-refractivity contribution in [1.82, 2.24) is 9.97 Å².